The zero-order valence-electron chi connectivity index (χ0n) is 10.7. The van der Waals surface area contributed by atoms with E-state index in [4.69, 9.17) is 5.11 Å². The van der Waals surface area contributed by atoms with Crippen LogP contribution in [0.15, 0.2) is 24.4 Å². The molecule has 0 spiro atoms. The SMILES string of the molecule is CN(Cc1ccccn1)C(=O)NC(C(=O)O)C1CC1. The summed E-state index contributed by atoms with van der Waals surface area (Å²) < 4.78 is 0. The Bertz CT molecular complexity index is 459. The van der Waals surface area contributed by atoms with E-state index in [0.29, 0.717) is 6.54 Å². The summed E-state index contributed by atoms with van der Waals surface area (Å²) in [5, 5.41) is 11.6. The molecule has 2 N–H and O–H groups in total. The van der Waals surface area contributed by atoms with Gasteiger partial charge < -0.3 is 15.3 Å². The van der Waals surface area contributed by atoms with Gasteiger partial charge in [-0.1, -0.05) is 6.07 Å². The molecule has 1 atom stereocenters. The molecule has 0 radical (unpaired) electrons. The molecule has 1 heterocycles. The molecule has 0 saturated heterocycles. The number of carbonyl (C=O) groups excluding carboxylic acids is 1. The number of amides is 2. The number of carboxylic acid groups (broad SMARTS) is 1. The molecule has 19 heavy (non-hydrogen) atoms. The third-order valence-corrected chi connectivity index (χ3v) is 3.11. The quantitative estimate of drug-likeness (QED) is 0.833. The molecule has 1 aromatic heterocycles. The Labute approximate surface area is 111 Å². The fraction of sp³-hybridized carbons (Fsp3) is 0.462. The van der Waals surface area contributed by atoms with Gasteiger partial charge in [0.1, 0.15) is 6.04 Å². The molecule has 102 valence electrons. The van der Waals surface area contributed by atoms with Gasteiger partial charge >= 0.3 is 12.0 Å². The average Bonchev–Trinajstić information content (AvgIpc) is 3.20. The van der Waals surface area contributed by atoms with Crippen LogP contribution < -0.4 is 5.32 Å². The summed E-state index contributed by atoms with van der Waals surface area (Å²) in [6.07, 6.45) is 3.38. The van der Waals surface area contributed by atoms with Gasteiger partial charge in [0.15, 0.2) is 0 Å². The van der Waals surface area contributed by atoms with E-state index in [0.717, 1.165) is 18.5 Å². The maximum Gasteiger partial charge on any atom is 0.326 e. The lowest BCUT2D eigenvalue weighted by molar-refractivity contribution is -0.139. The van der Waals surface area contributed by atoms with Crippen LogP contribution in [-0.4, -0.2) is 40.1 Å². The van der Waals surface area contributed by atoms with Crippen LogP contribution in [0.1, 0.15) is 18.5 Å². The van der Waals surface area contributed by atoms with Crippen LogP contribution >= 0.6 is 0 Å². The van der Waals surface area contributed by atoms with E-state index in [2.05, 4.69) is 10.3 Å². The van der Waals surface area contributed by atoms with Gasteiger partial charge in [0.25, 0.3) is 0 Å². The molecule has 0 aliphatic heterocycles. The van der Waals surface area contributed by atoms with Crippen molar-refractivity contribution in [2.45, 2.75) is 25.4 Å². The zero-order chi connectivity index (χ0) is 13.8. The van der Waals surface area contributed by atoms with Gasteiger partial charge in [-0.05, 0) is 30.9 Å². The minimum absolute atomic E-state index is 0.0738. The highest BCUT2D eigenvalue weighted by Crippen LogP contribution is 2.32. The van der Waals surface area contributed by atoms with Crippen molar-refractivity contribution in [3.8, 4) is 0 Å². The number of carbonyl (C=O) groups is 2. The van der Waals surface area contributed by atoms with Crippen LogP contribution in [0.5, 0.6) is 0 Å². The summed E-state index contributed by atoms with van der Waals surface area (Å²) in [5.41, 5.74) is 0.762. The first-order valence-corrected chi connectivity index (χ1v) is 6.22. The third kappa shape index (κ3) is 3.67. The molecule has 1 aromatic rings. The first kappa shape index (κ1) is 13.3. The van der Waals surface area contributed by atoms with Crippen molar-refractivity contribution >= 4 is 12.0 Å². The first-order valence-electron chi connectivity index (χ1n) is 6.22. The first-order chi connectivity index (χ1) is 9.08. The number of pyridine rings is 1. The van der Waals surface area contributed by atoms with Gasteiger partial charge in [-0.3, -0.25) is 4.98 Å². The van der Waals surface area contributed by atoms with Gasteiger partial charge in [-0.15, -0.1) is 0 Å². The summed E-state index contributed by atoms with van der Waals surface area (Å²) in [4.78, 5) is 28.5. The number of nitrogens with zero attached hydrogens (tertiary/aromatic N) is 2. The molecule has 1 aliphatic rings. The molecule has 1 aliphatic carbocycles. The van der Waals surface area contributed by atoms with Gasteiger partial charge in [0.2, 0.25) is 0 Å². The second-order valence-corrected chi connectivity index (χ2v) is 4.78. The Kier molecular flexibility index (Phi) is 3.99. The molecule has 6 heteroatoms. The van der Waals surface area contributed by atoms with Crippen LogP contribution in [-0.2, 0) is 11.3 Å². The fourth-order valence-corrected chi connectivity index (χ4v) is 1.86. The number of rotatable bonds is 5. The van der Waals surface area contributed by atoms with Crippen molar-refractivity contribution in [3.63, 3.8) is 0 Å². The van der Waals surface area contributed by atoms with Crippen LogP contribution in [0, 0.1) is 5.92 Å². The van der Waals surface area contributed by atoms with Crippen LogP contribution in [0.25, 0.3) is 0 Å². The highest BCUT2D eigenvalue weighted by Gasteiger charge is 2.37. The predicted octanol–water partition coefficient (Wildman–Crippen LogP) is 1.09. The molecule has 1 saturated carbocycles. The fourth-order valence-electron chi connectivity index (χ4n) is 1.86. The summed E-state index contributed by atoms with van der Waals surface area (Å²) >= 11 is 0. The molecule has 1 fully saturated rings. The van der Waals surface area contributed by atoms with E-state index in [-0.39, 0.29) is 11.9 Å². The topological polar surface area (TPSA) is 82.5 Å². The Hall–Kier alpha value is -2.11. The molecule has 2 amide bonds. The van der Waals surface area contributed by atoms with Gasteiger partial charge in [0, 0.05) is 13.2 Å². The summed E-state index contributed by atoms with van der Waals surface area (Å²) in [5.74, 6) is -0.896. The zero-order valence-corrected chi connectivity index (χ0v) is 10.7. The molecule has 0 bridgehead atoms. The standard InChI is InChI=1S/C13H17N3O3/c1-16(8-10-4-2-3-7-14-10)13(19)15-11(12(17)18)9-5-6-9/h2-4,7,9,11H,5-6,8H2,1H3,(H,15,19)(H,17,18). The minimum atomic E-state index is -0.970. The molecular formula is C13H17N3O3. The predicted molar refractivity (Wildman–Crippen MR) is 68.4 cm³/mol. The Morgan fingerprint density at radius 1 is 1.53 bits per heavy atom. The van der Waals surface area contributed by atoms with Crippen LogP contribution in [0.2, 0.25) is 0 Å². The minimum Gasteiger partial charge on any atom is -0.480 e. The smallest absolute Gasteiger partial charge is 0.326 e. The molecule has 2 rings (SSSR count). The maximum atomic E-state index is 11.9. The average molecular weight is 263 g/mol. The van der Waals surface area contributed by atoms with Crippen molar-refractivity contribution in [1.29, 1.82) is 0 Å². The van der Waals surface area contributed by atoms with Crippen molar-refractivity contribution < 1.29 is 14.7 Å². The van der Waals surface area contributed by atoms with Gasteiger partial charge in [-0.2, -0.15) is 0 Å². The number of hydrogen-bond donors (Lipinski definition) is 2. The number of aliphatic carboxylic acids is 1. The van der Waals surface area contributed by atoms with Crippen LogP contribution in [0.3, 0.4) is 0 Å². The molecular weight excluding hydrogens is 246 g/mol. The van der Waals surface area contributed by atoms with Crippen LogP contribution in [0.4, 0.5) is 4.79 Å². The van der Waals surface area contributed by atoms with Crippen molar-refractivity contribution in [2.75, 3.05) is 7.05 Å². The summed E-state index contributed by atoms with van der Waals surface area (Å²) in [6, 6.07) is 4.30. The van der Waals surface area contributed by atoms with E-state index in [1.165, 1.54) is 4.90 Å². The maximum absolute atomic E-state index is 11.9. The Morgan fingerprint density at radius 2 is 2.26 bits per heavy atom. The Morgan fingerprint density at radius 3 is 2.79 bits per heavy atom. The van der Waals surface area contributed by atoms with E-state index in [9.17, 15) is 9.59 Å². The highest BCUT2D eigenvalue weighted by atomic mass is 16.4. The highest BCUT2D eigenvalue weighted by molar-refractivity contribution is 5.83. The lowest BCUT2D eigenvalue weighted by Gasteiger charge is -2.21. The van der Waals surface area contributed by atoms with E-state index in [1.54, 1.807) is 19.3 Å². The molecule has 6 nitrogen and oxygen atoms in total. The lowest BCUT2D eigenvalue weighted by atomic mass is 10.2. The lowest BCUT2D eigenvalue weighted by Crippen LogP contribution is -2.47. The van der Waals surface area contributed by atoms with Crippen molar-refractivity contribution in [2.24, 2.45) is 5.92 Å². The van der Waals surface area contributed by atoms with E-state index >= 15 is 0 Å². The molecule has 0 aromatic carbocycles. The third-order valence-electron chi connectivity index (χ3n) is 3.11. The van der Waals surface area contributed by atoms with Gasteiger partial charge in [0.05, 0.1) is 12.2 Å². The Balaban J connectivity index is 1.90. The monoisotopic (exact) mass is 263 g/mol. The number of carboxylic acids is 1. The van der Waals surface area contributed by atoms with E-state index < -0.39 is 12.0 Å². The van der Waals surface area contributed by atoms with Crippen molar-refractivity contribution in [3.05, 3.63) is 30.1 Å². The molecule has 1 unspecified atom stereocenters. The second kappa shape index (κ2) is 5.69. The number of nitrogens with one attached hydrogen (secondary N) is 1. The largest absolute Gasteiger partial charge is 0.480 e. The number of urea groups is 1. The second-order valence-electron chi connectivity index (χ2n) is 4.78. The van der Waals surface area contributed by atoms with Crippen molar-refractivity contribution in [1.82, 2.24) is 15.2 Å². The van der Waals surface area contributed by atoms with Gasteiger partial charge in [-0.25, -0.2) is 9.59 Å². The summed E-state index contributed by atoms with van der Waals surface area (Å²) in [7, 11) is 1.62. The van der Waals surface area contributed by atoms with E-state index in [1.807, 2.05) is 12.1 Å². The summed E-state index contributed by atoms with van der Waals surface area (Å²) in [6.45, 7) is 0.351. The normalized spacial score (nSPS) is 15.6. The number of hydrogen-bond acceptors (Lipinski definition) is 3. The number of aromatic nitrogens is 1.